The number of furan rings is 1. The summed E-state index contributed by atoms with van der Waals surface area (Å²) in [6.45, 7) is 0. The number of carbonyl (C=O) groups is 1. The molecule has 1 heterocycles. The van der Waals surface area contributed by atoms with Gasteiger partial charge < -0.3 is 29.5 Å². The molecule has 4 aromatic rings. The molecule has 3 N–H and O–H groups in total. The molecule has 0 radical (unpaired) electrons. The molecule has 0 aliphatic heterocycles. The van der Waals surface area contributed by atoms with Crippen LogP contribution in [0.2, 0.25) is 0 Å². The largest absolute Gasteiger partial charge is 0.507 e. The molecular weight excluding hydrogens is 374 g/mol. The topological polar surface area (TPSA) is 104 Å². The average molecular weight is 393 g/mol. The summed E-state index contributed by atoms with van der Waals surface area (Å²) in [6, 6.07) is 10.8. The van der Waals surface area contributed by atoms with Gasteiger partial charge >= 0.3 is 0 Å². The maximum Gasteiger partial charge on any atom is 0.285 e. The summed E-state index contributed by atoms with van der Waals surface area (Å²) < 4.78 is 21.5. The summed E-state index contributed by atoms with van der Waals surface area (Å²) in [7, 11) is 4.64. The van der Waals surface area contributed by atoms with E-state index in [1.54, 1.807) is 19.2 Å². The van der Waals surface area contributed by atoms with Crippen molar-refractivity contribution in [2.24, 2.45) is 5.73 Å². The Kier molecular flexibility index (Phi) is 4.43. The van der Waals surface area contributed by atoms with Crippen LogP contribution in [0.15, 0.2) is 47.1 Å². The zero-order chi connectivity index (χ0) is 20.7. The van der Waals surface area contributed by atoms with Crippen molar-refractivity contribution in [3.05, 3.63) is 48.4 Å². The number of aromatic hydroxyl groups is 1. The predicted molar refractivity (Wildman–Crippen MR) is 109 cm³/mol. The van der Waals surface area contributed by atoms with Gasteiger partial charge in [-0.05, 0) is 35.2 Å². The second-order valence-electron chi connectivity index (χ2n) is 6.42. The summed E-state index contributed by atoms with van der Waals surface area (Å²) in [4.78, 5) is 12.0. The molecule has 0 spiro atoms. The number of nitrogens with two attached hydrogens (primary N) is 1. The van der Waals surface area contributed by atoms with Crippen molar-refractivity contribution in [3.63, 3.8) is 0 Å². The minimum Gasteiger partial charge on any atom is -0.507 e. The van der Waals surface area contributed by atoms with Gasteiger partial charge in [0, 0.05) is 16.3 Å². The molecule has 0 bridgehead atoms. The van der Waals surface area contributed by atoms with E-state index in [2.05, 4.69) is 0 Å². The van der Waals surface area contributed by atoms with E-state index in [9.17, 15) is 9.90 Å². The SMILES string of the molecule is COc1ccc(-c2c3cc(OC)c(OC)cc3c(O)c3coc(C(N)=O)c23)cc1. The number of methoxy groups -OCH3 is 3. The molecule has 148 valence electrons. The first kappa shape index (κ1) is 18.5. The van der Waals surface area contributed by atoms with Gasteiger partial charge in [-0.2, -0.15) is 0 Å². The summed E-state index contributed by atoms with van der Waals surface area (Å²) >= 11 is 0. The molecule has 0 aliphatic carbocycles. The predicted octanol–water partition coefficient (Wildman–Crippen LogP) is 4.08. The fourth-order valence-electron chi connectivity index (χ4n) is 3.58. The maximum absolute atomic E-state index is 12.0. The number of benzene rings is 3. The molecule has 7 nitrogen and oxygen atoms in total. The van der Waals surface area contributed by atoms with Crippen LogP contribution in [0.3, 0.4) is 0 Å². The number of phenolic OH excluding ortho intramolecular Hbond substituents is 1. The van der Waals surface area contributed by atoms with E-state index >= 15 is 0 Å². The Morgan fingerprint density at radius 2 is 1.55 bits per heavy atom. The van der Waals surface area contributed by atoms with E-state index < -0.39 is 5.91 Å². The van der Waals surface area contributed by atoms with Crippen molar-refractivity contribution >= 4 is 27.5 Å². The number of rotatable bonds is 5. The van der Waals surface area contributed by atoms with Crippen molar-refractivity contribution < 1.29 is 28.5 Å². The Balaban J connectivity index is 2.21. The first-order valence-corrected chi connectivity index (χ1v) is 8.76. The van der Waals surface area contributed by atoms with Crippen molar-refractivity contribution in [3.8, 4) is 34.1 Å². The normalized spacial score (nSPS) is 11.0. The fourth-order valence-corrected chi connectivity index (χ4v) is 3.58. The van der Waals surface area contributed by atoms with Crippen molar-refractivity contribution in [2.45, 2.75) is 0 Å². The maximum atomic E-state index is 12.0. The van der Waals surface area contributed by atoms with Crippen LogP contribution in [0.25, 0.3) is 32.7 Å². The number of ether oxygens (including phenoxy) is 3. The Morgan fingerprint density at radius 3 is 2.10 bits per heavy atom. The summed E-state index contributed by atoms with van der Waals surface area (Å²) in [5, 5.41) is 12.9. The number of amides is 1. The molecule has 0 atom stereocenters. The third-order valence-electron chi connectivity index (χ3n) is 4.95. The lowest BCUT2D eigenvalue weighted by Crippen LogP contribution is -2.10. The molecule has 4 rings (SSSR count). The van der Waals surface area contributed by atoms with E-state index in [4.69, 9.17) is 24.4 Å². The lowest BCUT2D eigenvalue weighted by molar-refractivity contribution is 0.0976. The Bertz CT molecular complexity index is 1240. The second kappa shape index (κ2) is 6.94. The lowest BCUT2D eigenvalue weighted by Gasteiger charge is -2.15. The molecule has 1 aromatic heterocycles. The summed E-state index contributed by atoms with van der Waals surface area (Å²) in [5.41, 5.74) is 7.00. The minimum absolute atomic E-state index is 0.0298. The van der Waals surface area contributed by atoms with E-state index in [1.807, 2.05) is 24.3 Å². The molecule has 29 heavy (non-hydrogen) atoms. The highest BCUT2D eigenvalue weighted by atomic mass is 16.5. The van der Waals surface area contributed by atoms with Gasteiger partial charge in [-0.15, -0.1) is 0 Å². The number of primary amides is 1. The molecule has 0 fully saturated rings. The number of phenols is 1. The van der Waals surface area contributed by atoms with E-state index in [1.165, 1.54) is 20.5 Å². The Hall–Kier alpha value is -3.87. The van der Waals surface area contributed by atoms with Crippen molar-refractivity contribution in [1.82, 2.24) is 0 Å². The Morgan fingerprint density at radius 1 is 0.931 bits per heavy atom. The molecule has 0 aliphatic rings. The van der Waals surface area contributed by atoms with Crippen molar-refractivity contribution in [1.29, 1.82) is 0 Å². The van der Waals surface area contributed by atoms with Gasteiger partial charge in [0.05, 0.1) is 26.7 Å². The number of carbonyl (C=O) groups excluding carboxylic acids is 1. The van der Waals surface area contributed by atoms with Crippen LogP contribution in [0.4, 0.5) is 0 Å². The highest BCUT2D eigenvalue weighted by Crippen LogP contribution is 2.47. The van der Waals surface area contributed by atoms with Gasteiger partial charge in [0.2, 0.25) is 0 Å². The first-order chi connectivity index (χ1) is 14.0. The lowest BCUT2D eigenvalue weighted by atomic mass is 9.91. The minimum atomic E-state index is -0.728. The highest BCUT2D eigenvalue weighted by molar-refractivity contribution is 6.22. The van der Waals surface area contributed by atoms with Gasteiger partial charge in [0.15, 0.2) is 17.3 Å². The first-order valence-electron chi connectivity index (χ1n) is 8.76. The second-order valence-corrected chi connectivity index (χ2v) is 6.42. The smallest absolute Gasteiger partial charge is 0.285 e. The third kappa shape index (κ3) is 2.79. The van der Waals surface area contributed by atoms with Crippen LogP contribution in [0, 0.1) is 0 Å². The van der Waals surface area contributed by atoms with Crippen LogP contribution >= 0.6 is 0 Å². The molecular formula is C22H19NO6. The molecule has 1 amide bonds. The number of hydrogen-bond donors (Lipinski definition) is 2. The van der Waals surface area contributed by atoms with Crippen molar-refractivity contribution in [2.75, 3.05) is 21.3 Å². The van der Waals surface area contributed by atoms with Crippen LogP contribution in [-0.4, -0.2) is 32.3 Å². The quantitative estimate of drug-likeness (QED) is 0.529. The fraction of sp³-hybridized carbons (Fsp3) is 0.136. The molecule has 7 heteroatoms. The van der Waals surface area contributed by atoms with Crippen LogP contribution in [0.1, 0.15) is 10.6 Å². The Labute approximate surface area is 166 Å². The van der Waals surface area contributed by atoms with Crippen LogP contribution in [-0.2, 0) is 0 Å². The van der Waals surface area contributed by atoms with Gasteiger partial charge in [0.1, 0.15) is 17.8 Å². The van der Waals surface area contributed by atoms with Gasteiger partial charge in [-0.25, -0.2) is 0 Å². The van der Waals surface area contributed by atoms with E-state index in [0.717, 1.165) is 5.56 Å². The zero-order valence-corrected chi connectivity index (χ0v) is 16.1. The van der Waals surface area contributed by atoms with E-state index in [0.29, 0.717) is 44.4 Å². The zero-order valence-electron chi connectivity index (χ0n) is 16.1. The van der Waals surface area contributed by atoms with E-state index in [-0.39, 0.29) is 11.5 Å². The molecule has 0 unspecified atom stereocenters. The average Bonchev–Trinajstić information content (AvgIpc) is 3.19. The standard InChI is InChI=1S/C22H19NO6/c1-26-12-6-4-11(5-7-12)18-13-8-16(27-2)17(28-3)9-14(13)20(24)15-10-29-21(19(15)18)22(23)25/h4-10,24H,1-3H3,(H2,23,25). The van der Waals surface area contributed by atoms with Crippen LogP contribution < -0.4 is 19.9 Å². The summed E-state index contributed by atoms with van der Waals surface area (Å²) in [6.07, 6.45) is 1.33. The van der Waals surface area contributed by atoms with Gasteiger partial charge in [-0.1, -0.05) is 12.1 Å². The number of hydrogen-bond acceptors (Lipinski definition) is 6. The van der Waals surface area contributed by atoms with Gasteiger partial charge in [-0.3, -0.25) is 4.79 Å². The molecule has 0 saturated carbocycles. The molecule has 0 saturated heterocycles. The van der Waals surface area contributed by atoms with Gasteiger partial charge in [0.25, 0.3) is 5.91 Å². The summed E-state index contributed by atoms with van der Waals surface area (Å²) in [5.74, 6) is 0.845. The third-order valence-corrected chi connectivity index (χ3v) is 4.95. The van der Waals surface area contributed by atoms with Crippen LogP contribution in [0.5, 0.6) is 23.0 Å². The monoisotopic (exact) mass is 393 g/mol. The highest BCUT2D eigenvalue weighted by Gasteiger charge is 2.24. The number of fused-ring (bicyclic) bond motifs is 2. The molecule has 3 aromatic carbocycles.